The quantitative estimate of drug-likeness (QED) is 0.733. The van der Waals surface area contributed by atoms with E-state index in [9.17, 15) is 9.59 Å². The largest absolute Gasteiger partial charge is 0.356 e. The highest BCUT2D eigenvalue weighted by atomic mass is 16.2. The van der Waals surface area contributed by atoms with E-state index in [0.29, 0.717) is 25.9 Å². The molecule has 0 saturated carbocycles. The van der Waals surface area contributed by atoms with Crippen LogP contribution in [-0.2, 0) is 16.1 Å². The van der Waals surface area contributed by atoms with Crippen molar-refractivity contribution in [1.82, 2.24) is 15.6 Å². The maximum absolute atomic E-state index is 12.1. The zero-order valence-corrected chi connectivity index (χ0v) is 16.3. The predicted molar refractivity (Wildman–Crippen MR) is 104 cm³/mol. The van der Waals surface area contributed by atoms with Gasteiger partial charge in [-0.05, 0) is 31.7 Å². The minimum absolute atomic E-state index is 0.00320. The number of carbonyl (C=O) groups is 2. The molecule has 6 heteroatoms. The van der Waals surface area contributed by atoms with Gasteiger partial charge in [0.1, 0.15) is 5.82 Å². The Bertz CT molecular complexity index is 604. The minimum atomic E-state index is -0.395. The minimum Gasteiger partial charge on any atom is -0.356 e. The molecule has 1 aliphatic heterocycles. The Morgan fingerprint density at radius 3 is 2.58 bits per heavy atom. The van der Waals surface area contributed by atoms with Crippen molar-refractivity contribution in [2.45, 2.75) is 59.4 Å². The molecule has 1 aliphatic rings. The highest BCUT2D eigenvalue weighted by molar-refractivity contribution is 5.81. The van der Waals surface area contributed by atoms with Crippen molar-refractivity contribution >= 4 is 17.6 Å². The van der Waals surface area contributed by atoms with Crippen molar-refractivity contribution in [2.75, 3.05) is 24.5 Å². The molecular weight excluding hydrogens is 328 g/mol. The summed E-state index contributed by atoms with van der Waals surface area (Å²) in [5.41, 5.74) is 0.664. The summed E-state index contributed by atoms with van der Waals surface area (Å²) in [4.78, 5) is 30.7. The maximum Gasteiger partial charge on any atom is 0.225 e. The lowest BCUT2D eigenvalue weighted by molar-refractivity contribution is -0.128. The van der Waals surface area contributed by atoms with Gasteiger partial charge in [0.25, 0.3) is 0 Å². The van der Waals surface area contributed by atoms with Crippen LogP contribution in [0.4, 0.5) is 5.82 Å². The molecule has 2 rings (SSSR count). The van der Waals surface area contributed by atoms with Crippen molar-refractivity contribution < 1.29 is 9.59 Å². The molecule has 0 radical (unpaired) electrons. The molecule has 2 heterocycles. The third-order valence-corrected chi connectivity index (χ3v) is 4.55. The summed E-state index contributed by atoms with van der Waals surface area (Å²) < 4.78 is 0. The van der Waals surface area contributed by atoms with Gasteiger partial charge in [0.15, 0.2) is 0 Å². The Kier molecular flexibility index (Phi) is 7.42. The van der Waals surface area contributed by atoms with Crippen LogP contribution >= 0.6 is 0 Å². The van der Waals surface area contributed by atoms with Gasteiger partial charge in [-0.25, -0.2) is 4.98 Å². The molecule has 1 aromatic heterocycles. The number of rotatable bonds is 7. The fourth-order valence-corrected chi connectivity index (χ4v) is 2.96. The second kappa shape index (κ2) is 9.55. The second-order valence-electron chi connectivity index (χ2n) is 7.92. The number of hydrogen-bond acceptors (Lipinski definition) is 4. The molecule has 0 bridgehead atoms. The maximum atomic E-state index is 12.1. The van der Waals surface area contributed by atoms with E-state index in [-0.39, 0.29) is 11.8 Å². The van der Waals surface area contributed by atoms with Crippen molar-refractivity contribution in [3.8, 4) is 0 Å². The summed E-state index contributed by atoms with van der Waals surface area (Å²) >= 11 is 0. The van der Waals surface area contributed by atoms with E-state index in [1.165, 1.54) is 19.3 Å². The van der Waals surface area contributed by atoms with Crippen LogP contribution in [0.2, 0.25) is 0 Å². The fraction of sp³-hybridized carbons (Fsp3) is 0.650. The first-order valence-electron chi connectivity index (χ1n) is 9.62. The summed E-state index contributed by atoms with van der Waals surface area (Å²) in [6, 6.07) is 3.94. The first-order chi connectivity index (χ1) is 12.4. The average Bonchev–Trinajstić information content (AvgIpc) is 2.63. The lowest BCUT2D eigenvalue weighted by Crippen LogP contribution is -2.35. The van der Waals surface area contributed by atoms with Crippen molar-refractivity contribution in [2.24, 2.45) is 5.41 Å². The van der Waals surface area contributed by atoms with Crippen LogP contribution in [-0.4, -0.2) is 36.4 Å². The monoisotopic (exact) mass is 360 g/mol. The topological polar surface area (TPSA) is 74.3 Å². The van der Waals surface area contributed by atoms with Gasteiger partial charge in [-0.15, -0.1) is 0 Å². The Balaban J connectivity index is 1.75. The van der Waals surface area contributed by atoms with Crippen LogP contribution in [0.25, 0.3) is 0 Å². The molecule has 6 nitrogen and oxygen atoms in total. The molecule has 0 atom stereocenters. The number of carbonyl (C=O) groups excluding carboxylic acids is 2. The SMILES string of the molecule is CC(C)(C)C(=O)NCCCC(=O)NCc1cccnc1N1CCCCC1. The number of nitrogens with one attached hydrogen (secondary N) is 2. The summed E-state index contributed by atoms with van der Waals surface area (Å²) in [5, 5.41) is 5.85. The van der Waals surface area contributed by atoms with Gasteiger partial charge in [-0.3, -0.25) is 9.59 Å². The lowest BCUT2D eigenvalue weighted by Gasteiger charge is -2.29. The number of anilines is 1. The van der Waals surface area contributed by atoms with Gasteiger partial charge in [0.2, 0.25) is 11.8 Å². The van der Waals surface area contributed by atoms with Crippen LogP contribution in [0.1, 0.15) is 58.4 Å². The molecule has 2 N–H and O–H groups in total. The zero-order valence-electron chi connectivity index (χ0n) is 16.3. The molecule has 26 heavy (non-hydrogen) atoms. The predicted octanol–water partition coefficient (Wildman–Crippen LogP) is 2.63. The van der Waals surface area contributed by atoms with E-state index in [4.69, 9.17) is 0 Å². The van der Waals surface area contributed by atoms with E-state index < -0.39 is 5.41 Å². The van der Waals surface area contributed by atoms with Gasteiger partial charge in [-0.2, -0.15) is 0 Å². The molecule has 0 aliphatic carbocycles. The van der Waals surface area contributed by atoms with E-state index in [1.807, 2.05) is 39.1 Å². The van der Waals surface area contributed by atoms with Crippen LogP contribution in [0.3, 0.4) is 0 Å². The van der Waals surface area contributed by atoms with Gasteiger partial charge < -0.3 is 15.5 Å². The number of hydrogen-bond donors (Lipinski definition) is 2. The van der Waals surface area contributed by atoms with Crippen LogP contribution in [0, 0.1) is 5.41 Å². The van der Waals surface area contributed by atoms with Gasteiger partial charge in [0.05, 0.1) is 0 Å². The summed E-state index contributed by atoms with van der Waals surface area (Å²) in [6.07, 6.45) is 6.53. The van der Waals surface area contributed by atoms with Crippen molar-refractivity contribution in [1.29, 1.82) is 0 Å². The van der Waals surface area contributed by atoms with E-state index in [2.05, 4.69) is 20.5 Å². The van der Waals surface area contributed by atoms with Crippen LogP contribution < -0.4 is 15.5 Å². The smallest absolute Gasteiger partial charge is 0.225 e. The molecule has 2 amide bonds. The van der Waals surface area contributed by atoms with Crippen molar-refractivity contribution in [3.63, 3.8) is 0 Å². The number of pyridine rings is 1. The Hall–Kier alpha value is -2.11. The Morgan fingerprint density at radius 1 is 1.15 bits per heavy atom. The average molecular weight is 361 g/mol. The highest BCUT2D eigenvalue weighted by Gasteiger charge is 2.20. The Morgan fingerprint density at radius 2 is 1.88 bits per heavy atom. The standard InChI is InChI=1S/C20H32N4O2/c1-20(2,3)19(26)22-12-8-10-17(25)23-15-16-9-7-11-21-18(16)24-13-5-4-6-14-24/h7,9,11H,4-6,8,10,12-15H2,1-3H3,(H,22,26)(H,23,25). The Labute approximate surface area is 156 Å². The van der Waals surface area contributed by atoms with Gasteiger partial charge >= 0.3 is 0 Å². The fourth-order valence-electron chi connectivity index (χ4n) is 2.96. The summed E-state index contributed by atoms with van der Waals surface area (Å²) in [5.74, 6) is 1.01. The number of nitrogens with zero attached hydrogens (tertiary/aromatic N) is 2. The molecule has 0 unspecified atom stereocenters. The van der Waals surface area contributed by atoms with E-state index in [0.717, 1.165) is 24.5 Å². The molecular formula is C20H32N4O2. The first kappa shape index (κ1) is 20.2. The third kappa shape index (κ3) is 6.32. The molecule has 1 aromatic rings. The summed E-state index contributed by atoms with van der Waals surface area (Å²) in [6.45, 7) is 8.72. The third-order valence-electron chi connectivity index (χ3n) is 4.55. The molecule has 144 valence electrons. The second-order valence-corrected chi connectivity index (χ2v) is 7.92. The zero-order chi connectivity index (χ0) is 19.0. The molecule has 0 spiro atoms. The van der Waals surface area contributed by atoms with Gasteiger partial charge in [-0.1, -0.05) is 26.8 Å². The van der Waals surface area contributed by atoms with Crippen LogP contribution in [0.5, 0.6) is 0 Å². The number of piperidine rings is 1. The number of amides is 2. The van der Waals surface area contributed by atoms with Crippen molar-refractivity contribution in [3.05, 3.63) is 23.9 Å². The highest BCUT2D eigenvalue weighted by Crippen LogP contribution is 2.21. The number of aromatic nitrogens is 1. The lowest BCUT2D eigenvalue weighted by atomic mass is 9.96. The molecule has 1 saturated heterocycles. The van der Waals surface area contributed by atoms with Crippen LogP contribution in [0.15, 0.2) is 18.3 Å². The van der Waals surface area contributed by atoms with Gasteiger partial charge in [0, 0.05) is 49.8 Å². The summed E-state index contributed by atoms with van der Waals surface area (Å²) in [7, 11) is 0. The first-order valence-corrected chi connectivity index (χ1v) is 9.62. The normalized spacial score (nSPS) is 14.8. The van der Waals surface area contributed by atoms with E-state index >= 15 is 0 Å². The molecule has 1 fully saturated rings. The molecule has 0 aromatic carbocycles. The van der Waals surface area contributed by atoms with E-state index in [1.54, 1.807) is 0 Å².